The summed E-state index contributed by atoms with van der Waals surface area (Å²) in [6.45, 7) is 0. The summed E-state index contributed by atoms with van der Waals surface area (Å²) in [7, 11) is -8.95. The number of halogens is 6. The number of aryl methyl sites for hydroxylation is 2. The highest BCUT2D eigenvalue weighted by atomic mass is 35.5. The lowest BCUT2D eigenvalue weighted by Gasteiger charge is -2.10. The molecule has 0 amide bonds. The number of aromatic nitrogens is 4. The van der Waals surface area contributed by atoms with E-state index in [0.29, 0.717) is 129 Å². The fourth-order valence-corrected chi connectivity index (χ4v) is 12.8. The van der Waals surface area contributed by atoms with Crippen LogP contribution in [-0.2, 0) is 45.9 Å². The van der Waals surface area contributed by atoms with Crippen LogP contribution in [0.4, 0.5) is 8.78 Å². The molecule has 2 aliphatic carbocycles. The molecule has 0 bridgehead atoms. The maximum atomic E-state index is 16.1. The Kier molecular flexibility index (Phi) is 13.3. The molecule has 0 radical (unpaired) electrons. The van der Waals surface area contributed by atoms with Gasteiger partial charge >= 0.3 is 20.2 Å². The lowest BCUT2D eigenvalue weighted by Crippen LogP contribution is -2.00. The van der Waals surface area contributed by atoms with Crippen LogP contribution in [0.3, 0.4) is 0 Å². The molecule has 0 aliphatic heterocycles. The topological polar surface area (TPSA) is 144 Å². The van der Waals surface area contributed by atoms with E-state index in [1.165, 1.54) is 33.6 Å². The fourth-order valence-electron chi connectivity index (χ4n) is 7.92. The van der Waals surface area contributed by atoms with Gasteiger partial charge in [-0.05, 0) is 136 Å². The van der Waals surface area contributed by atoms with Gasteiger partial charge in [0.2, 0.25) is 0 Å². The minimum Gasteiger partial charge on any atom is -0.281 e. The molecule has 4 heterocycles. The molecule has 0 fully saturated rings. The second-order valence-corrected chi connectivity index (χ2v) is 22.0. The lowest BCUT2D eigenvalue weighted by molar-refractivity contribution is 0.483. The molecule has 0 spiro atoms. The molecule has 0 unspecified atom stereocenters. The molecule has 0 saturated carbocycles. The number of rotatable bonds is 13. The van der Waals surface area contributed by atoms with E-state index in [2.05, 4.69) is 10.2 Å². The largest absolute Gasteiger partial charge is 0.304 e. The van der Waals surface area contributed by atoms with E-state index in [1.54, 1.807) is 36.4 Å². The van der Waals surface area contributed by atoms with Gasteiger partial charge in [-0.3, -0.25) is 9.11 Å². The Balaban J connectivity index is 0.971. The number of thiophene rings is 2. The molecular formula is C42H36Cl4F2N4O6S4. The van der Waals surface area contributed by atoms with E-state index < -0.39 is 31.9 Å². The van der Waals surface area contributed by atoms with Crippen molar-refractivity contribution in [2.45, 2.75) is 85.5 Å². The van der Waals surface area contributed by atoms with Gasteiger partial charge < -0.3 is 0 Å². The molecule has 2 N–H and O–H groups in total. The third-order valence-electron chi connectivity index (χ3n) is 10.8. The summed E-state index contributed by atoms with van der Waals surface area (Å²) in [5.74, 6) is -1.04. The van der Waals surface area contributed by atoms with E-state index in [0.717, 1.165) is 35.5 Å². The molecule has 326 valence electrons. The maximum absolute atomic E-state index is 16.1. The Morgan fingerprint density at radius 2 is 1.03 bits per heavy atom. The molecule has 10 nitrogen and oxygen atoms in total. The van der Waals surface area contributed by atoms with Crippen molar-refractivity contribution in [1.82, 2.24) is 19.6 Å². The Labute approximate surface area is 384 Å². The second kappa shape index (κ2) is 18.2. The van der Waals surface area contributed by atoms with Crippen molar-refractivity contribution in [3.63, 3.8) is 0 Å². The van der Waals surface area contributed by atoms with Crippen molar-refractivity contribution < 1.29 is 34.7 Å². The minimum absolute atomic E-state index is 0.133. The summed E-state index contributed by atoms with van der Waals surface area (Å²) in [6.07, 6.45) is 9.84. The van der Waals surface area contributed by atoms with Gasteiger partial charge in [-0.25, -0.2) is 18.1 Å². The SMILES string of the molecule is O=S(=O)(O)c1cc2c(s1)-c1c(c(/C(F)=C/CCCCCC/C=C(\F)c3nn(-c4ccc(Cl)cc4Cl)c4c3CCCc3cc(S(=O)(=O)O)sc3-4)nn1-c1ccc(Cl)cc1Cl)CCC2. The summed E-state index contributed by atoms with van der Waals surface area (Å²) < 4.78 is 103. The first-order valence-electron chi connectivity index (χ1n) is 19.6. The molecule has 62 heavy (non-hydrogen) atoms. The van der Waals surface area contributed by atoms with Crippen LogP contribution in [0.15, 0.2) is 69.1 Å². The van der Waals surface area contributed by atoms with E-state index >= 15 is 8.78 Å². The monoisotopic (exact) mass is 998 g/mol. The first-order valence-corrected chi connectivity index (χ1v) is 25.6. The minimum atomic E-state index is -4.48. The van der Waals surface area contributed by atoms with Crippen molar-refractivity contribution in [3.05, 3.63) is 114 Å². The highest BCUT2D eigenvalue weighted by molar-refractivity contribution is 7.88. The zero-order valence-electron chi connectivity index (χ0n) is 32.5. The van der Waals surface area contributed by atoms with E-state index in [4.69, 9.17) is 46.4 Å². The van der Waals surface area contributed by atoms with Crippen molar-refractivity contribution in [2.24, 2.45) is 0 Å². The summed E-state index contributed by atoms with van der Waals surface area (Å²) in [5.41, 5.74) is 4.80. The molecule has 2 aliphatic rings. The number of hydrogen-bond acceptors (Lipinski definition) is 8. The molecule has 6 aromatic rings. The van der Waals surface area contributed by atoms with Gasteiger partial charge in [0.25, 0.3) is 0 Å². The standard InChI is InChI=1S/C42H36Cl4F2N4O6S4/c43-25-15-17-33(29(45)21-25)51-39-27(11-7-9-23-19-35(59-41(23)39)61(53,54)55)37(49-51)31(47)13-5-3-1-2-4-6-14-32(48)38-28-12-8-10-24-20-36(62(56,57)58)60-42(24)40(28)52(50-38)34-18-16-26(44)22-30(34)46/h13-22H,1-12H2,(H,53,54,55)(H,56,57,58)/b31-13-,32-14-. The summed E-state index contributed by atoms with van der Waals surface area (Å²) in [4.78, 5) is 1.13. The van der Waals surface area contributed by atoms with Crippen molar-refractivity contribution >= 4 is 101 Å². The average Bonchev–Trinajstić information content (AvgIpc) is 3.95. The first kappa shape index (κ1) is 45.2. The van der Waals surface area contributed by atoms with Gasteiger partial charge in [-0.1, -0.05) is 59.2 Å². The molecule has 8 rings (SSSR count). The van der Waals surface area contributed by atoms with Crippen LogP contribution >= 0.6 is 69.1 Å². The highest BCUT2D eigenvalue weighted by Crippen LogP contribution is 2.46. The normalized spacial score (nSPS) is 14.6. The van der Waals surface area contributed by atoms with Crippen molar-refractivity contribution in [3.8, 4) is 32.5 Å². The van der Waals surface area contributed by atoms with Crippen LogP contribution in [0, 0.1) is 0 Å². The maximum Gasteiger partial charge on any atom is 0.304 e. The number of unbranched alkanes of at least 4 members (excludes halogenated alkanes) is 5. The Morgan fingerprint density at radius 3 is 1.40 bits per heavy atom. The van der Waals surface area contributed by atoms with E-state index in [9.17, 15) is 25.9 Å². The molecule has 2 aromatic carbocycles. The number of nitrogens with zero attached hydrogens (tertiary/aromatic N) is 4. The number of hydrogen-bond donors (Lipinski definition) is 2. The van der Waals surface area contributed by atoms with Gasteiger partial charge in [0, 0.05) is 21.2 Å². The zero-order valence-corrected chi connectivity index (χ0v) is 38.8. The first-order chi connectivity index (χ1) is 29.5. The van der Waals surface area contributed by atoms with Crippen molar-refractivity contribution in [2.75, 3.05) is 0 Å². The smallest absolute Gasteiger partial charge is 0.281 e. The van der Waals surface area contributed by atoms with Gasteiger partial charge in [0.15, 0.2) is 0 Å². The summed E-state index contributed by atoms with van der Waals surface area (Å²) >= 11 is 27.3. The zero-order chi connectivity index (χ0) is 44.1. The molecular weight excluding hydrogens is 965 g/mol. The van der Waals surface area contributed by atoms with E-state index in [-0.39, 0.29) is 29.9 Å². The quantitative estimate of drug-likeness (QED) is 0.0860. The van der Waals surface area contributed by atoms with Gasteiger partial charge in [0.05, 0.1) is 42.6 Å². The van der Waals surface area contributed by atoms with Crippen LogP contribution in [0.1, 0.15) is 85.0 Å². The molecule has 4 aromatic heterocycles. The van der Waals surface area contributed by atoms with Crippen LogP contribution in [0.25, 0.3) is 44.2 Å². The third kappa shape index (κ3) is 9.23. The van der Waals surface area contributed by atoms with E-state index in [1.807, 2.05) is 0 Å². The molecule has 0 atom stereocenters. The lowest BCUT2D eigenvalue weighted by atomic mass is 10.0. The summed E-state index contributed by atoms with van der Waals surface area (Å²) in [6, 6.07) is 12.6. The Bertz CT molecular complexity index is 2830. The predicted molar refractivity (Wildman–Crippen MR) is 243 cm³/mol. The predicted octanol–water partition coefficient (Wildman–Crippen LogP) is 13.3. The Morgan fingerprint density at radius 1 is 0.629 bits per heavy atom. The van der Waals surface area contributed by atoms with Crippen LogP contribution < -0.4 is 0 Å². The van der Waals surface area contributed by atoms with Gasteiger partial charge in [0.1, 0.15) is 31.5 Å². The Hall–Kier alpha value is -3.42. The van der Waals surface area contributed by atoms with Gasteiger partial charge in [-0.15, -0.1) is 22.7 Å². The van der Waals surface area contributed by atoms with Crippen LogP contribution in [0.5, 0.6) is 0 Å². The highest BCUT2D eigenvalue weighted by Gasteiger charge is 2.32. The van der Waals surface area contributed by atoms with Crippen molar-refractivity contribution in [1.29, 1.82) is 0 Å². The average molecular weight is 1000 g/mol. The number of allylic oxidation sites excluding steroid dienone is 2. The molecule has 0 saturated heterocycles. The van der Waals surface area contributed by atoms with Crippen LogP contribution in [0.2, 0.25) is 20.1 Å². The molecule has 20 heteroatoms. The second-order valence-electron chi connectivity index (χ2n) is 15.0. The number of fused-ring (bicyclic) bond motifs is 6. The number of benzene rings is 2. The fraction of sp³-hybridized carbons (Fsp3) is 0.286. The van der Waals surface area contributed by atoms with Gasteiger partial charge in [-0.2, -0.15) is 27.0 Å². The van der Waals surface area contributed by atoms with Crippen LogP contribution in [-0.4, -0.2) is 45.5 Å². The third-order valence-corrected chi connectivity index (χ3v) is 16.8. The summed E-state index contributed by atoms with van der Waals surface area (Å²) in [5, 5.41) is 10.7.